The molecule has 100 valence electrons. The zero-order chi connectivity index (χ0) is 13.1. The molecular weight excluding hydrogens is 230 g/mol. The van der Waals surface area contributed by atoms with Crippen LogP contribution in [0, 0.1) is 18.8 Å². The van der Waals surface area contributed by atoms with Crippen LogP contribution in [0.3, 0.4) is 0 Å². The van der Waals surface area contributed by atoms with Gasteiger partial charge in [-0.15, -0.1) is 0 Å². The molecular formula is C14H21NO3. The molecule has 4 nitrogen and oxygen atoms in total. The van der Waals surface area contributed by atoms with E-state index in [2.05, 4.69) is 12.2 Å². The number of nitrogens with one attached hydrogen (secondary N) is 1. The van der Waals surface area contributed by atoms with E-state index in [-0.39, 0.29) is 5.76 Å². The fourth-order valence-electron chi connectivity index (χ4n) is 2.75. The molecule has 0 aromatic carbocycles. The summed E-state index contributed by atoms with van der Waals surface area (Å²) in [6.07, 6.45) is 3.96. The van der Waals surface area contributed by atoms with Gasteiger partial charge < -0.3 is 14.8 Å². The van der Waals surface area contributed by atoms with Crippen LogP contribution in [-0.4, -0.2) is 17.6 Å². The maximum atomic E-state index is 10.8. The molecule has 18 heavy (non-hydrogen) atoms. The van der Waals surface area contributed by atoms with E-state index in [0.717, 1.165) is 18.4 Å². The zero-order valence-electron chi connectivity index (χ0n) is 11.0. The minimum absolute atomic E-state index is 0.0565. The largest absolute Gasteiger partial charge is 0.475 e. The number of aromatic carboxylic acids is 1. The van der Waals surface area contributed by atoms with Crippen molar-refractivity contribution in [3.63, 3.8) is 0 Å². The normalized spacial score (nSPS) is 23.4. The second-order valence-corrected chi connectivity index (χ2v) is 5.33. The molecule has 1 aliphatic carbocycles. The summed E-state index contributed by atoms with van der Waals surface area (Å²) in [5.74, 6) is 1.31. The first-order valence-corrected chi connectivity index (χ1v) is 6.61. The first-order chi connectivity index (χ1) is 8.58. The molecule has 0 aliphatic heterocycles. The van der Waals surface area contributed by atoms with Crippen LogP contribution < -0.4 is 5.32 Å². The lowest BCUT2D eigenvalue weighted by molar-refractivity contribution is 0.0659. The van der Waals surface area contributed by atoms with Gasteiger partial charge >= 0.3 is 5.97 Å². The van der Waals surface area contributed by atoms with Gasteiger partial charge in [-0.05, 0) is 37.8 Å². The van der Waals surface area contributed by atoms with Crippen molar-refractivity contribution in [2.24, 2.45) is 11.8 Å². The minimum Gasteiger partial charge on any atom is -0.475 e. The van der Waals surface area contributed by atoms with Crippen molar-refractivity contribution in [2.75, 3.05) is 6.54 Å². The second-order valence-electron chi connectivity index (χ2n) is 5.33. The van der Waals surface area contributed by atoms with Gasteiger partial charge in [-0.3, -0.25) is 0 Å². The van der Waals surface area contributed by atoms with Crippen molar-refractivity contribution in [1.82, 2.24) is 5.32 Å². The summed E-state index contributed by atoms with van der Waals surface area (Å²) in [6, 6.07) is 1.80. The summed E-state index contributed by atoms with van der Waals surface area (Å²) >= 11 is 0. The van der Waals surface area contributed by atoms with Gasteiger partial charge in [0.05, 0.1) is 6.54 Å². The highest BCUT2D eigenvalue weighted by Crippen LogP contribution is 2.30. The lowest BCUT2D eigenvalue weighted by Gasteiger charge is -2.15. The quantitative estimate of drug-likeness (QED) is 0.844. The van der Waals surface area contributed by atoms with Gasteiger partial charge in [0.25, 0.3) is 0 Å². The topological polar surface area (TPSA) is 62.5 Å². The molecule has 2 unspecified atom stereocenters. The van der Waals surface area contributed by atoms with Gasteiger partial charge in [0.1, 0.15) is 5.76 Å². The molecule has 0 bridgehead atoms. The molecule has 0 radical (unpaired) electrons. The third kappa shape index (κ3) is 2.93. The predicted octanol–water partition coefficient (Wildman–Crippen LogP) is 2.81. The number of furan rings is 1. The van der Waals surface area contributed by atoms with Gasteiger partial charge in [-0.2, -0.15) is 0 Å². The fraction of sp³-hybridized carbons (Fsp3) is 0.643. The second kappa shape index (κ2) is 5.57. The van der Waals surface area contributed by atoms with Crippen LogP contribution in [0.1, 0.15) is 48.1 Å². The number of carboxylic acids is 1. The smallest absolute Gasteiger partial charge is 0.372 e. The van der Waals surface area contributed by atoms with Gasteiger partial charge in [-0.25, -0.2) is 4.79 Å². The Morgan fingerprint density at radius 3 is 2.89 bits per heavy atom. The fourth-order valence-corrected chi connectivity index (χ4v) is 2.75. The summed E-state index contributed by atoms with van der Waals surface area (Å²) in [5, 5.41) is 12.3. The van der Waals surface area contributed by atoms with Crippen molar-refractivity contribution in [2.45, 2.75) is 39.7 Å². The monoisotopic (exact) mass is 251 g/mol. The van der Waals surface area contributed by atoms with Crippen LogP contribution in [0.5, 0.6) is 0 Å². The van der Waals surface area contributed by atoms with E-state index in [0.29, 0.717) is 17.9 Å². The third-order valence-corrected chi connectivity index (χ3v) is 3.91. The standard InChI is InChI=1S/C14H21NO3/c1-9-4-3-5-11(9)7-15-8-12-6-10(2)13(18-12)14(16)17/h6,9,11,15H,3-5,7-8H2,1-2H3,(H,16,17). The maximum absolute atomic E-state index is 10.8. The molecule has 2 rings (SSSR count). The van der Waals surface area contributed by atoms with E-state index in [4.69, 9.17) is 9.52 Å². The number of aryl methyl sites for hydroxylation is 1. The number of hydrogen-bond acceptors (Lipinski definition) is 3. The van der Waals surface area contributed by atoms with Gasteiger partial charge in [-0.1, -0.05) is 19.8 Å². The molecule has 1 saturated carbocycles. The van der Waals surface area contributed by atoms with E-state index >= 15 is 0 Å². The Morgan fingerprint density at radius 1 is 1.56 bits per heavy atom. The predicted molar refractivity (Wildman–Crippen MR) is 68.6 cm³/mol. The third-order valence-electron chi connectivity index (χ3n) is 3.91. The van der Waals surface area contributed by atoms with Gasteiger partial charge in [0.15, 0.2) is 0 Å². The Bertz CT molecular complexity index is 425. The van der Waals surface area contributed by atoms with E-state index in [1.165, 1.54) is 19.3 Å². The Labute approximate surface area is 107 Å². The molecule has 2 atom stereocenters. The molecule has 0 spiro atoms. The Morgan fingerprint density at radius 2 is 2.33 bits per heavy atom. The van der Waals surface area contributed by atoms with Crippen LogP contribution in [0.2, 0.25) is 0 Å². The van der Waals surface area contributed by atoms with Crippen LogP contribution in [0.15, 0.2) is 10.5 Å². The lowest BCUT2D eigenvalue weighted by Crippen LogP contribution is -2.23. The first-order valence-electron chi connectivity index (χ1n) is 6.61. The Hall–Kier alpha value is -1.29. The number of hydrogen-bond donors (Lipinski definition) is 2. The zero-order valence-corrected chi connectivity index (χ0v) is 11.0. The summed E-state index contributed by atoms with van der Waals surface area (Å²) in [7, 11) is 0. The van der Waals surface area contributed by atoms with Crippen LogP contribution in [-0.2, 0) is 6.54 Å². The summed E-state index contributed by atoms with van der Waals surface area (Å²) < 4.78 is 5.31. The summed E-state index contributed by atoms with van der Waals surface area (Å²) in [5.41, 5.74) is 0.688. The van der Waals surface area contributed by atoms with Gasteiger partial charge in [0.2, 0.25) is 5.76 Å². The Balaban J connectivity index is 1.83. The average molecular weight is 251 g/mol. The van der Waals surface area contributed by atoms with Crippen molar-refractivity contribution in [3.8, 4) is 0 Å². The Kier molecular flexibility index (Phi) is 4.07. The molecule has 0 saturated heterocycles. The number of rotatable bonds is 5. The summed E-state index contributed by atoms with van der Waals surface area (Å²) in [6.45, 7) is 5.66. The van der Waals surface area contributed by atoms with E-state index < -0.39 is 5.97 Å². The first kappa shape index (κ1) is 13.1. The van der Waals surface area contributed by atoms with E-state index in [1.54, 1.807) is 13.0 Å². The van der Waals surface area contributed by atoms with Crippen molar-refractivity contribution in [1.29, 1.82) is 0 Å². The summed E-state index contributed by atoms with van der Waals surface area (Å²) in [4.78, 5) is 10.8. The van der Waals surface area contributed by atoms with Crippen molar-refractivity contribution >= 4 is 5.97 Å². The minimum atomic E-state index is -0.997. The van der Waals surface area contributed by atoms with Crippen molar-refractivity contribution < 1.29 is 14.3 Å². The van der Waals surface area contributed by atoms with E-state index in [1.807, 2.05) is 0 Å². The highest BCUT2D eigenvalue weighted by atomic mass is 16.4. The van der Waals surface area contributed by atoms with Crippen LogP contribution in [0.4, 0.5) is 0 Å². The van der Waals surface area contributed by atoms with Gasteiger partial charge in [0, 0.05) is 5.56 Å². The van der Waals surface area contributed by atoms with Crippen molar-refractivity contribution in [3.05, 3.63) is 23.2 Å². The molecule has 0 amide bonds. The maximum Gasteiger partial charge on any atom is 0.372 e. The molecule has 4 heteroatoms. The SMILES string of the molecule is Cc1cc(CNCC2CCCC2C)oc1C(=O)O. The van der Waals surface area contributed by atoms with Crippen LogP contribution in [0.25, 0.3) is 0 Å². The van der Waals surface area contributed by atoms with Crippen LogP contribution >= 0.6 is 0 Å². The molecule has 1 aromatic rings. The lowest BCUT2D eigenvalue weighted by atomic mass is 9.98. The molecule has 1 heterocycles. The molecule has 1 aliphatic rings. The number of carbonyl (C=O) groups is 1. The number of carboxylic acid groups (broad SMARTS) is 1. The highest BCUT2D eigenvalue weighted by Gasteiger charge is 2.22. The van der Waals surface area contributed by atoms with E-state index in [9.17, 15) is 4.79 Å². The molecule has 1 aromatic heterocycles. The average Bonchev–Trinajstić information content (AvgIpc) is 2.86. The molecule has 2 N–H and O–H groups in total. The molecule has 1 fully saturated rings. The highest BCUT2D eigenvalue weighted by molar-refractivity contribution is 5.86.